The highest BCUT2D eigenvalue weighted by molar-refractivity contribution is 5.84. The van der Waals surface area contributed by atoms with Crippen LogP contribution >= 0.6 is 0 Å². The van der Waals surface area contributed by atoms with E-state index in [-0.39, 0.29) is 72.7 Å². The molecular weight excluding hydrogens is 1040 g/mol. The average Bonchev–Trinajstić information content (AvgIpc) is 3.91. The molecule has 0 spiro atoms. The van der Waals surface area contributed by atoms with Gasteiger partial charge in [-0.3, -0.25) is 39.0 Å². The van der Waals surface area contributed by atoms with Gasteiger partial charge >= 0.3 is 23.7 Å². The highest BCUT2D eigenvalue weighted by Gasteiger charge is 2.40. The number of benzene rings is 2. The van der Waals surface area contributed by atoms with Crippen molar-refractivity contribution in [2.24, 2.45) is 17.6 Å². The number of nitrogens with one attached hydrogen (secondary N) is 1. The van der Waals surface area contributed by atoms with Crippen LogP contribution in [0.3, 0.4) is 0 Å². The number of methoxy groups -OCH3 is 2. The van der Waals surface area contributed by atoms with E-state index in [0.717, 1.165) is 56.4 Å². The van der Waals surface area contributed by atoms with Crippen LogP contribution in [-0.4, -0.2) is 162 Å². The van der Waals surface area contributed by atoms with Crippen LogP contribution in [-0.2, 0) is 52.5 Å². The van der Waals surface area contributed by atoms with Crippen molar-refractivity contribution >= 4 is 47.3 Å². The fourth-order valence-electron chi connectivity index (χ4n) is 9.65. The number of carbonyl (C=O) groups excluding carboxylic acids is 7. The molecule has 2 saturated heterocycles. The van der Waals surface area contributed by atoms with E-state index in [1.807, 2.05) is 61.0 Å². The third-order valence-corrected chi connectivity index (χ3v) is 13.6. The Bertz CT molecular complexity index is 2370. The van der Waals surface area contributed by atoms with Gasteiger partial charge in [0.25, 0.3) is 0 Å². The number of nitrogens with zero attached hydrogens (tertiary/aromatic N) is 4. The second-order valence-electron chi connectivity index (χ2n) is 20.4. The standard InChI is InChI=1S/C30H49N3O5.C26H33N3O11.CH4O/c1-7-12-24(32(5)29(36)19-21(2)3)16-17-28(35)33-18-11-15-25(33)26(38-6)20-27(34)31-22(4)30(37)23-13-9-8-10-14-23;1-7-8-19(40-26(33)28(5)23(14(2)3)24(27)31)16-9-10-20(18(11-16)29(34)35)38-22-13-17(37-15(4)30)12-21(39-22)25(32)36-6;1-2/h8-10,13-14,21-22,24-26,30,37H,7,11-12,15-20H2,1-6H3,(H,31,34);1,9-11,14,17,19,21-23H,8,12-13H2,2-6H3,(H2,27,31);2H,1H3. The van der Waals surface area contributed by atoms with Crippen molar-refractivity contribution in [1.29, 1.82) is 0 Å². The third-order valence-electron chi connectivity index (χ3n) is 13.6. The number of terminal acetylenes is 1. The maximum Gasteiger partial charge on any atom is 0.410 e. The van der Waals surface area contributed by atoms with Crippen LogP contribution in [0.25, 0.3) is 0 Å². The Morgan fingerprint density at radius 1 is 0.963 bits per heavy atom. The predicted octanol–water partition coefficient (Wildman–Crippen LogP) is 5.91. The molecule has 0 aliphatic carbocycles. The van der Waals surface area contributed by atoms with Gasteiger partial charge in [0.05, 0.1) is 49.2 Å². The predicted molar refractivity (Wildman–Crippen MR) is 295 cm³/mol. The number of hydrogen-bond acceptors (Lipinski definition) is 17. The maximum absolute atomic E-state index is 13.3. The molecule has 2 aromatic rings. The fraction of sp³-hybridized carbons (Fsp3) is 0.632. The van der Waals surface area contributed by atoms with E-state index in [1.165, 1.54) is 26.1 Å². The number of nitrogens with two attached hydrogens (primary N) is 1. The van der Waals surface area contributed by atoms with E-state index in [0.29, 0.717) is 31.7 Å². The molecule has 446 valence electrons. The topological polar surface area (TPSA) is 306 Å². The zero-order valence-electron chi connectivity index (χ0n) is 48.5. The van der Waals surface area contributed by atoms with Crippen molar-refractivity contribution in [3.63, 3.8) is 0 Å². The summed E-state index contributed by atoms with van der Waals surface area (Å²) in [5, 5.41) is 32.4. The smallest absolute Gasteiger partial charge is 0.410 e. The molecule has 4 rings (SSSR count). The number of likely N-dealkylation sites (tertiary alicyclic amines) is 1. The second-order valence-corrected chi connectivity index (χ2v) is 20.4. The molecule has 0 radical (unpaired) electrons. The minimum Gasteiger partial charge on any atom is -0.467 e. The number of rotatable bonds is 26. The van der Waals surface area contributed by atoms with Crippen LogP contribution in [0.5, 0.6) is 5.75 Å². The normalized spacial score (nSPS) is 18.9. The lowest BCUT2D eigenvalue weighted by Gasteiger charge is -2.33. The molecule has 5 amide bonds. The van der Waals surface area contributed by atoms with Gasteiger partial charge in [-0.1, -0.05) is 77.4 Å². The average molecular weight is 1130 g/mol. The summed E-state index contributed by atoms with van der Waals surface area (Å²) < 4.78 is 32.4. The number of primary amides is 1. The molecule has 23 heteroatoms. The van der Waals surface area contributed by atoms with E-state index >= 15 is 0 Å². The number of nitro benzene ring substituents is 1. The van der Waals surface area contributed by atoms with Crippen molar-refractivity contribution in [1.82, 2.24) is 20.0 Å². The minimum atomic E-state index is -1.19. The number of carbonyl (C=O) groups is 7. The number of aliphatic hydroxyl groups is 2. The molecule has 23 nitrogen and oxygen atoms in total. The van der Waals surface area contributed by atoms with Gasteiger partial charge in [0, 0.05) is 85.1 Å². The monoisotopic (exact) mass is 1130 g/mol. The first-order valence-corrected chi connectivity index (χ1v) is 26.9. The van der Waals surface area contributed by atoms with Gasteiger partial charge in [-0.15, -0.1) is 12.3 Å². The largest absolute Gasteiger partial charge is 0.467 e. The van der Waals surface area contributed by atoms with Crippen molar-refractivity contribution < 1.29 is 77.1 Å². The summed E-state index contributed by atoms with van der Waals surface area (Å²) in [6, 6.07) is 11.5. The van der Waals surface area contributed by atoms with E-state index in [9.17, 15) is 48.8 Å². The highest BCUT2D eigenvalue weighted by Crippen LogP contribution is 2.36. The second kappa shape index (κ2) is 35.0. The van der Waals surface area contributed by atoms with E-state index in [2.05, 4.69) is 18.2 Å². The van der Waals surface area contributed by atoms with E-state index in [4.69, 9.17) is 45.7 Å². The van der Waals surface area contributed by atoms with Crippen LogP contribution in [0.15, 0.2) is 48.5 Å². The van der Waals surface area contributed by atoms with Crippen LogP contribution in [0.1, 0.15) is 142 Å². The van der Waals surface area contributed by atoms with Gasteiger partial charge in [0.2, 0.25) is 29.9 Å². The molecule has 10 atom stereocenters. The third kappa shape index (κ3) is 21.6. The van der Waals surface area contributed by atoms with Gasteiger partial charge in [-0.05, 0) is 56.1 Å². The van der Waals surface area contributed by atoms with Crippen LogP contribution in [0.2, 0.25) is 0 Å². The van der Waals surface area contributed by atoms with Crippen LogP contribution < -0.4 is 15.8 Å². The summed E-state index contributed by atoms with van der Waals surface area (Å²) in [6.07, 6.45) is 4.09. The van der Waals surface area contributed by atoms with Gasteiger partial charge < -0.3 is 59.5 Å². The number of aliphatic hydroxyl groups excluding tert-OH is 2. The van der Waals surface area contributed by atoms with Gasteiger partial charge in [0.15, 0.2) is 11.9 Å². The summed E-state index contributed by atoms with van der Waals surface area (Å²) in [7, 11) is 6.94. The number of ether oxygens (including phenoxy) is 6. The molecule has 2 heterocycles. The van der Waals surface area contributed by atoms with Gasteiger partial charge in [-0.2, -0.15) is 0 Å². The molecule has 5 N–H and O–H groups in total. The van der Waals surface area contributed by atoms with Crippen molar-refractivity contribution in [2.45, 2.75) is 180 Å². The molecule has 10 unspecified atom stereocenters. The van der Waals surface area contributed by atoms with E-state index in [1.54, 1.807) is 27.9 Å². The SMILES string of the molecule is C#CCC(OC(=O)N(C)C(C(N)=O)C(C)C)c1ccc(OC2CC(OC(C)=O)CC(C(=O)OC)O2)c([N+](=O)[O-])c1.CCCC(CCC(=O)N1CCCC1C(CC(=O)NC(C)C(O)c1ccccc1)OC)N(C)C(=O)CC(C)C.CO. The number of amides is 5. The molecular formula is C57H86N6O17. The minimum absolute atomic E-state index is 0.00741. The Labute approximate surface area is 470 Å². The number of likely N-dealkylation sites (N-methyl/N-ethyl adjacent to an activating group) is 1. The number of nitro groups is 1. The molecule has 2 aliphatic rings. The van der Waals surface area contributed by atoms with Crippen molar-refractivity contribution in [2.75, 3.05) is 42.0 Å². The van der Waals surface area contributed by atoms with Crippen molar-refractivity contribution in [3.8, 4) is 18.1 Å². The number of hydrogen-bond donors (Lipinski definition) is 4. The zero-order chi connectivity index (χ0) is 60.4. The Kier molecular flexibility index (Phi) is 30.3. The fourth-order valence-corrected chi connectivity index (χ4v) is 9.65. The summed E-state index contributed by atoms with van der Waals surface area (Å²) in [4.78, 5) is 103. The highest BCUT2D eigenvalue weighted by atomic mass is 16.7. The molecule has 0 aromatic heterocycles. The molecule has 2 aliphatic heterocycles. The Morgan fingerprint density at radius 3 is 2.17 bits per heavy atom. The van der Waals surface area contributed by atoms with Gasteiger partial charge in [0.1, 0.15) is 18.2 Å². The van der Waals surface area contributed by atoms with Crippen molar-refractivity contribution in [3.05, 3.63) is 69.8 Å². The summed E-state index contributed by atoms with van der Waals surface area (Å²) >= 11 is 0. The quantitative estimate of drug-likeness (QED) is 0.0280. The molecule has 80 heavy (non-hydrogen) atoms. The lowest BCUT2D eigenvalue weighted by Crippen LogP contribution is -2.49. The number of esters is 2. The van der Waals surface area contributed by atoms with Crippen LogP contribution in [0, 0.1) is 34.3 Å². The first kappa shape index (κ1) is 69.2. The van der Waals surface area contributed by atoms with Gasteiger partial charge in [-0.25, -0.2) is 9.59 Å². The maximum atomic E-state index is 13.3. The Hall–Kier alpha value is -6.87. The molecule has 0 saturated carbocycles. The first-order chi connectivity index (χ1) is 37.9. The molecule has 0 bridgehead atoms. The molecule has 2 aromatic carbocycles. The Balaban J connectivity index is 0.000000531. The zero-order valence-corrected chi connectivity index (χ0v) is 48.5. The van der Waals surface area contributed by atoms with Crippen LogP contribution in [0.4, 0.5) is 10.5 Å². The molecule has 2 fully saturated rings. The lowest BCUT2D eigenvalue weighted by molar-refractivity contribution is -0.386. The van der Waals surface area contributed by atoms with E-state index < -0.39 is 83.4 Å². The summed E-state index contributed by atoms with van der Waals surface area (Å²) in [5.74, 6) is 0.0586. The summed E-state index contributed by atoms with van der Waals surface area (Å²) in [6.45, 7) is 13.2. The first-order valence-electron chi connectivity index (χ1n) is 26.9. The Morgan fingerprint density at radius 2 is 1.62 bits per heavy atom. The summed E-state index contributed by atoms with van der Waals surface area (Å²) in [5.41, 5.74) is 5.85. The lowest BCUT2D eigenvalue weighted by atomic mass is 10.0.